The highest BCUT2D eigenvalue weighted by atomic mass is 16.6. The van der Waals surface area contributed by atoms with Gasteiger partial charge in [0.2, 0.25) is 0 Å². The topological polar surface area (TPSA) is 93.1 Å². The van der Waals surface area contributed by atoms with Crippen molar-refractivity contribution < 1.29 is 29.0 Å². The molecule has 0 fully saturated rings. The molecule has 0 bridgehead atoms. The number of nitrogens with zero attached hydrogens (tertiary/aromatic N) is 1. The van der Waals surface area contributed by atoms with E-state index in [1.54, 1.807) is 0 Å². The van der Waals surface area contributed by atoms with E-state index in [1.807, 2.05) is 37.3 Å². The van der Waals surface area contributed by atoms with Gasteiger partial charge in [-0.05, 0) is 12.0 Å². The second kappa shape index (κ2) is 11.0. The standard InChI is InChI=1S/C17H23NO6/c1-2-10-18(11-12-23-16(21)9-8-15(19)20)17(22)24-13-14-6-4-3-5-7-14/h3-7H,2,8-13H2,1H3,(H,19,20). The molecule has 0 aliphatic heterocycles. The highest BCUT2D eigenvalue weighted by Crippen LogP contribution is 2.04. The Bertz CT molecular complexity index is 531. The van der Waals surface area contributed by atoms with E-state index in [2.05, 4.69) is 0 Å². The van der Waals surface area contributed by atoms with Crippen molar-refractivity contribution in [3.05, 3.63) is 35.9 Å². The molecule has 0 saturated heterocycles. The number of ether oxygens (including phenoxy) is 2. The summed E-state index contributed by atoms with van der Waals surface area (Å²) in [6, 6.07) is 9.34. The summed E-state index contributed by atoms with van der Waals surface area (Å²) in [7, 11) is 0. The number of carbonyl (C=O) groups excluding carboxylic acids is 2. The van der Waals surface area contributed by atoms with Crippen molar-refractivity contribution in [3.63, 3.8) is 0 Å². The molecule has 0 saturated carbocycles. The van der Waals surface area contributed by atoms with Crippen LogP contribution in [0.2, 0.25) is 0 Å². The molecule has 0 heterocycles. The molecular weight excluding hydrogens is 314 g/mol. The lowest BCUT2D eigenvalue weighted by Gasteiger charge is -2.21. The Hall–Kier alpha value is -2.57. The summed E-state index contributed by atoms with van der Waals surface area (Å²) in [6.07, 6.45) is -0.173. The van der Waals surface area contributed by atoms with Gasteiger partial charge in [0.25, 0.3) is 0 Å². The number of rotatable bonds is 10. The van der Waals surface area contributed by atoms with E-state index in [-0.39, 0.29) is 32.6 Å². The van der Waals surface area contributed by atoms with Crippen LogP contribution in [0, 0.1) is 0 Å². The lowest BCUT2D eigenvalue weighted by Crippen LogP contribution is -2.35. The van der Waals surface area contributed by atoms with Crippen LogP contribution in [0.3, 0.4) is 0 Å². The van der Waals surface area contributed by atoms with Gasteiger partial charge in [-0.3, -0.25) is 9.59 Å². The minimum atomic E-state index is -1.05. The van der Waals surface area contributed by atoms with Crippen molar-refractivity contribution in [3.8, 4) is 0 Å². The average Bonchev–Trinajstić information content (AvgIpc) is 2.58. The summed E-state index contributed by atoms with van der Waals surface area (Å²) in [6.45, 7) is 2.81. The van der Waals surface area contributed by atoms with Crippen molar-refractivity contribution in [1.82, 2.24) is 4.90 Å². The Morgan fingerprint density at radius 3 is 2.38 bits per heavy atom. The molecular formula is C17H23NO6. The van der Waals surface area contributed by atoms with E-state index in [1.165, 1.54) is 4.90 Å². The van der Waals surface area contributed by atoms with Gasteiger partial charge in [-0.1, -0.05) is 37.3 Å². The maximum Gasteiger partial charge on any atom is 0.410 e. The van der Waals surface area contributed by atoms with Crippen molar-refractivity contribution in [2.75, 3.05) is 19.7 Å². The van der Waals surface area contributed by atoms with E-state index in [0.717, 1.165) is 12.0 Å². The van der Waals surface area contributed by atoms with Gasteiger partial charge in [-0.15, -0.1) is 0 Å². The summed E-state index contributed by atoms with van der Waals surface area (Å²) in [5.41, 5.74) is 0.891. The fraction of sp³-hybridized carbons (Fsp3) is 0.471. The first-order chi connectivity index (χ1) is 11.5. The highest BCUT2D eigenvalue weighted by Gasteiger charge is 2.15. The molecule has 1 amide bonds. The minimum Gasteiger partial charge on any atom is -0.481 e. The third-order valence-electron chi connectivity index (χ3n) is 3.12. The van der Waals surface area contributed by atoms with E-state index >= 15 is 0 Å². The molecule has 0 radical (unpaired) electrons. The number of esters is 1. The van der Waals surface area contributed by atoms with Gasteiger partial charge in [-0.25, -0.2) is 4.79 Å². The predicted molar refractivity (Wildman–Crippen MR) is 86.3 cm³/mol. The van der Waals surface area contributed by atoms with Gasteiger partial charge in [-0.2, -0.15) is 0 Å². The summed E-state index contributed by atoms with van der Waals surface area (Å²) in [4.78, 5) is 35.3. The Morgan fingerprint density at radius 2 is 1.75 bits per heavy atom. The van der Waals surface area contributed by atoms with Crippen LogP contribution in [0.1, 0.15) is 31.7 Å². The van der Waals surface area contributed by atoms with Crippen LogP contribution in [0.15, 0.2) is 30.3 Å². The Balaban J connectivity index is 2.35. The first-order valence-electron chi connectivity index (χ1n) is 7.86. The number of carboxylic acids is 1. The van der Waals surface area contributed by atoms with Crippen LogP contribution < -0.4 is 0 Å². The van der Waals surface area contributed by atoms with E-state index in [4.69, 9.17) is 14.6 Å². The number of hydrogen-bond donors (Lipinski definition) is 1. The molecule has 1 aromatic rings. The lowest BCUT2D eigenvalue weighted by molar-refractivity contribution is -0.148. The van der Waals surface area contributed by atoms with Gasteiger partial charge < -0.3 is 19.5 Å². The molecule has 132 valence electrons. The maximum atomic E-state index is 12.1. The van der Waals surface area contributed by atoms with Gasteiger partial charge in [0.1, 0.15) is 13.2 Å². The first kappa shape index (κ1) is 19.5. The zero-order chi connectivity index (χ0) is 17.8. The number of amides is 1. The van der Waals surface area contributed by atoms with E-state index < -0.39 is 18.0 Å². The van der Waals surface area contributed by atoms with Crippen LogP contribution in [0.4, 0.5) is 4.79 Å². The summed E-state index contributed by atoms with van der Waals surface area (Å²) in [5, 5.41) is 8.49. The zero-order valence-corrected chi connectivity index (χ0v) is 13.8. The second-order valence-electron chi connectivity index (χ2n) is 5.14. The third kappa shape index (κ3) is 8.17. The molecule has 1 rings (SSSR count). The molecule has 0 aliphatic carbocycles. The van der Waals surface area contributed by atoms with Gasteiger partial charge in [0.15, 0.2) is 0 Å². The smallest absolute Gasteiger partial charge is 0.410 e. The normalized spacial score (nSPS) is 10.0. The van der Waals surface area contributed by atoms with Crippen LogP contribution >= 0.6 is 0 Å². The van der Waals surface area contributed by atoms with E-state index in [9.17, 15) is 14.4 Å². The SMILES string of the molecule is CCCN(CCOC(=O)CCC(=O)O)C(=O)OCc1ccccc1. The molecule has 1 aromatic carbocycles. The largest absolute Gasteiger partial charge is 0.481 e. The quantitative estimate of drug-likeness (QED) is 0.659. The molecule has 0 unspecified atom stereocenters. The molecule has 24 heavy (non-hydrogen) atoms. The summed E-state index contributed by atoms with van der Waals surface area (Å²) >= 11 is 0. The van der Waals surface area contributed by atoms with Gasteiger partial charge >= 0.3 is 18.0 Å². The van der Waals surface area contributed by atoms with Crippen LogP contribution in [0.25, 0.3) is 0 Å². The Kier molecular flexibility index (Phi) is 8.96. The number of benzene rings is 1. The summed E-state index contributed by atoms with van der Waals surface area (Å²) < 4.78 is 10.2. The van der Waals surface area contributed by atoms with Crippen LogP contribution in [-0.2, 0) is 25.7 Å². The number of carboxylic acid groups (broad SMARTS) is 1. The maximum absolute atomic E-state index is 12.1. The molecule has 0 aromatic heterocycles. The van der Waals surface area contributed by atoms with E-state index in [0.29, 0.717) is 6.54 Å². The summed E-state index contributed by atoms with van der Waals surface area (Å²) in [5.74, 6) is -1.64. The molecule has 0 aliphatic rings. The van der Waals surface area contributed by atoms with Crippen LogP contribution in [0.5, 0.6) is 0 Å². The third-order valence-corrected chi connectivity index (χ3v) is 3.12. The fourth-order valence-electron chi connectivity index (χ4n) is 1.93. The monoisotopic (exact) mass is 337 g/mol. The minimum absolute atomic E-state index is 0.0128. The second-order valence-corrected chi connectivity index (χ2v) is 5.14. The van der Waals surface area contributed by atoms with Crippen molar-refractivity contribution >= 4 is 18.0 Å². The lowest BCUT2D eigenvalue weighted by atomic mass is 10.2. The van der Waals surface area contributed by atoms with Crippen molar-refractivity contribution in [2.24, 2.45) is 0 Å². The molecule has 7 nitrogen and oxygen atoms in total. The molecule has 1 N–H and O–H groups in total. The molecule has 7 heteroatoms. The van der Waals surface area contributed by atoms with Gasteiger partial charge in [0.05, 0.1) is 19.4 Å². The first-order valence-corrected chi connectivity index (χ1v) is 7.86. The predicted octanol–water partition coefficient (Wildman–Crippen LogP) is 2.44. The van der Waals surface area contributed by atoms with Crippen molar-refractivity contribution in [2.45, 2.75) is 32.8 Å². The number of carbonyl (C=O) groups is 3. The number of aliphatic carboxylic acids is 1. The molecule has 0 atom stereocenters. The van der Waals surface area contributed by atoms with Crippen molar-refractivity contribution in [1.29, 1.82) is 0 Å². The average molecular weight is 337 g/mol. The number of hydrogen-bond acceptors (Lipinski definition) is 5. The zero-order valence-electron chi connectivity index (χ0n) is 13.8. The highest BCUT2D eigenvalue weighted by molar-refractivity contribution is 5.76. The van der Waals surface area contributed by atoms with Gasteiger partial charge in [0, 0.05) is 6.54 Å². The fourth-order valence-corrected chi connectivity index (χ4v) is 1.93. The van der Waals surface area contributed by atoms with Crippen LogP contribution in [-0.4, -0.2) is 47.7 Å². The molecule has 0 spiro atoms. The Labute approximate surface area is 141 Å². The Morgan fingerprint density at radius 1 is 1.04 bits per heavy atom.